The molecule has 0 aromatic heterocycles. The largest absolute Gasteiger partial charge is 0.494 e. The minimum atomic E-state index is 0.352. The summed E-state index contributed by atoms with van der Waals surface area (Å²) >= 11 is 0. The molecule has 19 heavy (non-hydrogen) atoms. The van der Waals surface area contributed by atoms with Gasteiger partial charge in [0.1, 0.15) is 11.5 Å². The molecule has 2 rings (SSSR count). The van der Waals surface area contributed by atoms with Gasteiger partial charge in [-0.3, -0.25) is 0 Å². The quantitative estimate of drug-likeness (QED) is 0.858. The predicted octanol–water partition coefficient (Wildman–Crippen LogP) is 3.07. The Morgan fingerprint density at radius 1 is 1.26 bits per heavy atom. The highest BCUT2D eigenvalue weighted by Crippen LogP contribution is 2.30. The molecular weight excluding hydrogens is 242 g/mol. The summed E-state index contributed by atoms with van der Waals surface area (Å²) in [7, 11) is 0. The van der Waals surface area contributed by atoms with E-state index in [9.17, 15) is 0 Å². The molecule has 0 aliphatic carbocycles. The van der Waals surface area contributed by atoms with Gasteiger partial charge in [0, 0.05) is 18.7 Å². The topological polar surface area (TPSA) is 39.7 Å². The van der Waals surface area contributed by atoms with Gasteiger partial charge in [-0.2, -0.15) is 0 Å². The van der Waals surface area contributed by atoms with Gasteiger partial charge in [0.15, 0.2) is 0 Å². The molecule has 4 heteroatoms. The Kier molecular flexibility index (Phi) is 5.33. The van der Waals surface area contributed by atoms with Gasteiger partial charge in [-0.1, -0.05) is 0 Å². The third-order valence-electron chi connectivity index (χ3n) is 3.08. The number of nitrogens with one attached hydrogen (secondary N) is 1. The summed E-state index contributed by atoms with van der Waals surface area (Å²) < 4.78 is 16.7. The Morgan fingerprint density at radius 3 is 2.79 bits per heavy atom. The molecule has 0 radical (unpaired) electrons. The maximum absolute atomic E-state index is 5.65. The van der Waals surface area contributed by atoms with Crippen LogP contribution in [0, 0.1) is 0 Å². The fraction of sp³-hybridized carbons (Fsp3) is 0.600. The van der Waals surface area contributed by atoms with Gasteiger partial charge in [-0.25, -0.2) is 0 Å². The van der Waals surface area contributed by atoms with Crippen molar-refractivity contribution in [2.45, 2.75) is 32.7 Å². The molecule has 106 valence electrons. The zero-order valence-electron chi connectivity index (χ0n) is 11.8. The van der Waals surface area contributed by atoms with E-state index in [1.165, 1.54) is 0 Å². The first-order valence-electron chi connectivity index (χ1n) is 7.07. The van der Waals surface area contributed by atoms with Crippen molar-refractivity contribution < 1.29 is 14.2 Å². The van der Waals surface area contributed by atoms with Crippen LogP contribution in [0.15, 0.2) is 18.2 Å². The van der Waals surface area contributed by atoms with Gasteiger partial charge >= 0.3 is 0 Å². The van der Waals surface area contributed by atoms with Crippen molar-refractivity contribution in [1.29, 1.82) is 0 Å². The molecule has 4 nitrogen and oxygen atoms in total. The molecule has 0 amide bonds. The molecule has 1 unspecified atom stereocenters. The van der Waals surface area contributed by atoms with Crippen molar-refractivity contribution in [3.63, 3.8) is 0 Å². The van der Waals surface area contributed by atoms with Gasteiger partial charge in [0.25, 0.3) is 0 Å². The van der Waals surface area contributed by atoms with Crippen molar-refractivity contribution in [3.8, 4) is 11.5 Å². The number of benzene rings is 1. The second-order valence-electron chi connectivity index (χ2n) is 4.58. The highest BCUT2D eigenvalue weighted by atomic mass is 16.5. The molecule has 1 aliphatic rings. The van der Waals surface area contributed by atoms with Crippen molar-refractivity contribution in [2.75, 3.05) is 31.7 Å². The Morgan fingerprint density at radius 2 is 2.11 bits per heavy atom. The van der Waals surface area contributed by atoms with Crippen LogP contribution in [0.25, 0.3) is 0 Å². The molecule has 1 saturated heterocycles. The molecule has 0 spiro atoms. The molecule has 0 bridgehead atoms. The smallest absolute Gasteiger partial charge is 0.142 e. The maximum atomic E-state index is 5.65. The lowest BCUT2D eigenvalue weighted by Crippen LogP contribution is -2.30. The van der Waals surface area contributed by atoms with Crippen LogP contribution in [0.4, 0.5) is 5.69 Å². The summed E-state index contributed by atoms with van der Waals surface area (Å²) in [5.41, 5.74) is 0.989. The van der Waals surface area contributed by atoms with E-state index in [1.54, 1.807) is 0 Å². The number of hydrogen-bond acceptors (Lipinski definition) is 4. The fourth-order valence-corrected chi connectivity index (χ4v) is 2.23. The number of rotatable bonds is 6. The van der Waals surface area contributed by atoms with Gasteiger partial charge in [0.2, 0.25) is 0 Å². The number of anilines is 1. The van der Waals surface area contributed by atoms with Crippen molar-refractivity contribution in [3.05, 3.63) is 18.2 Å². The zero-order chi connectivity index (χ0) is 13.5. The second-order valence-corrected chi connectivity index (χ2v) is 4.58. The lowest BCUT2D eigenvalue weighted by Gasteiger charge is -2.25. The SMILES string of the molecule is CCOc1ccc(OCC)c(NC2CCCOC2)c1. The first-order chi connectivity index (χ1) is 9.33. The fourth-order valence-electron chi connectivity index (χ4n) is 2.23. The normalized spacial score (nSPS) is 18.9. The minimum absolute atomic E-state index is 0.352. The Balaban J connectivity index is 2.11. The number of ether oxygens (including phenoxy) is 3. The van der Waals surface area contributed by atoms with Crippen molar-refractivity contribution in [1.82, 2.24) is 0 Å². The highest BCUT2D eigenvalue weighted by Gasteiger charge is 2.16. The van der Waals surface area contributed by atoms with Crippen molar-refractivity contribution >= 4 is 5.69 Å². The van der Waals surface area contributed by atoms with Crippen LogP contribution in [0.2, 0.25) is 0 Å². The van der Waals surface area contributed by atoms with E-state index in [1.807, 2.05) is 32.0 Å². The Hall–Kier alpha value is -1.42. The average molecular weight is 265 g/mol. The number of hydrogen-bond donors (Lipinski definition) is 1. The lowest BCUT2D eigenvalue weighted by atomic mass is 10.1. The van der Waals surface area contributed by atoms with Crippen LogP contribution in [0.1, 0.15) is 26.7 Å². The van der Waals surface area contributed by atoms with Gasteiger partial charge in [-0.05, 0) is 38.8 Å². The lowest BCUT2D eigenvalue weighted by molar-refractivity contribution is 0.0875. The van der Waals surface area contributed by atoms with E-state index in [-0.39, 0.29) is 0 Å². The minimum Gasteiger partial charge on any atom is -0.494 e. The maximum Gasteiger partial charge on any atom is 0.142 e. The molecule has 1 N–H and O–H groups in total. The molecular formula is C15H23NO3. The molecule has 1 heterocycles. The van der Waals surface area contributed by atoms with Gasteiger partial charge < -0.3 is 19.5 Å². The van der Waals surface area contributed by atoms with E-state index < -0.39 is 0 Å². The van der Waals surface area contributed by atoms with E-state index in [2.05, 4.69) is 5.32 Å². The standard InChI is InChI=1S/C15H23NO3/c1-3-18-13-7-8-15(19-4-2)14(10-13)16-12-6-5-9-17-11-12/h7-8,10,12,16H,3-6,9,11H2,1-2H3. The van der Waals surface area contributed by atoms with Crippen LogP contribution < -0.4 is 14.8 Å². The average Bonchev–Trinajstić information content (AvgIpc) is 2.43. The van der Waals surface area contributed by atoms with Gasteiger partial charge in [0.05, 0.1) is 25.5 Å². The molecule has 1 aromatic rings. The van der Waals surface area contributed by atoms with E-state index in [4.69, 9.17) is 14.2 Å². The van der Waals surface area contributed by atoms with E-state index in [0.717, 1.165) is 43.2 Å². The molecule has 1 aromatic carbocycles. The third kappa shape index (κ3) is 4.03. The van der Waals surface area contributed by atoms with E-state index in [0.29, 0.717) is 19.3 Å². The summed E-state index contributed by atoms with van der Waals surface area (Å²) in [5.74, 6) is 1.74. The second kappa shape index (κ2) is 7.24. The summed E-state index contributed by atoms with van der Waals surface area (Å²) in [5, 5.41) is 3.50. The van der Waals surface area contributed by atoms with E-state index >= 15 is 0 Å². The first kappa shape index (κ1) is 14.0. The Labute approximate surface area is 115 Å². The van der Waals surface area contributed by atoms with Crippen LogP contribution in [-0.2, 0) is 4.74 Å². The highest BCUT2D eigenvalue weighted by molar-refractivity contribution is 5.60. The van der Waals surface area contributed by atoms with Crippen LogP contribution in [-0.4, -0.2) is 32.5 Å². The monoisotopic (exact) mass is 265 g/mol. The molecule has 1 aliphatic heterocycles. The van der Waals surface area contributed by atoms with Crippen molar-refractivity contribution in [2.24, 2.45) is 0 Å². The van der Waals surface area contributed by atoms with Crippen LogP contribution >= 0.6 is 0 Å². The van der Waals surface area contributed by atoms with Crippen LogP contribution in [0.5, 0.6) is 11.5 Å². The predicted molar refractivity (Wildman–Crippen MR) is 76.2 cm³/mol. The van der Waals surface area contributed by atoms with Gasteiger partial charge in [-0.15, -0.1) is 0 Å². The first-order valence-corrected chi connectivity index (χ1v) is 7.07. The molecule has 1 atom stereocenters. The summed E-state index contributed by atoms with van der Waals surface area (Å²) in [4.78, 5) is 0. The van der Waals surface area contributed by atoms with Crippen LogP contribution in [0.3, 0.4) is 0 Å². The molecule has 0 saturated carbocycles. The Bertz CT molecular complexity index is 389. The summed E-state index contributed by atoms with van der Waals surface area (Å²) in [6.07, 6.45) is 2.23. The third-order valence-corrected chi connectivity index (χ3v) is 3.08. The summed E-state index contributed by atoms with van der Waals surface area (Å²) in [6.45, 7) is 6.92. The zero-order valence-corrected chi connectivity index (χ0v) is 11.8. The molecule has 1 fully saturated rings. The summed E-state index contributed by atoms with van der Waals surface area (Å²) in [6, 6.07) is 6.26.